The third-order valence-electron chi connectivity index (χ3n) is 4.15. The number of anilines is 1. The lowest BCUT2D eigenvalue weighted by molar-refractivity contribution is -0.115. The molecule has 1 amide bonds. The van der Waals surface area contributed by atoms with Crippen molar-refractivity contribution in [3.63, 3.8) is 0 Å². The van der Waals surface area contributed by atoms with Crippen molar-refractivity contribution in [1.82, 2.24) is 4.31 Å². The minimum absolute atomic E-state index is 0.169. The quantitative estimate of drug-likeness (QED) is 0.669. The van der Waals surface area contributed by atoms with Gasteiger partial charge in [0.25, 0.3) is 0 Å². The van der Waals surface area contributed by atoms with Crippen LogP contribution in [0, 0.1) is 6.92 Å². The first kappa shape index (κ1) is 21.5. The van der Waals surface area contributed by atoms with Gasteiger partial charge in [0.05, 0.1) is 10.1 Å². The molecule has 1 N–H and O–H groups in total. The van der Waals surface area contributed by atoms with E-state index in [0.717, 1.165) is 4.90 Å². The van der Waals surface area contributed by atoms with Gasteiger partial charge < -0.3 is 5.32 Å². The Morgan fingerprint density at radius 2 is 1.74 bits per heavy atom. The standard InChI is InChI=1S/C20H26N2O3S2/c1-5-22(6-2)27(24,25)19-9-7-8-17(14-19)21-20(23)16(4)26-18-12-10-15(3)11-13-18/h7-14,16H,5-6H2,1-4H3,(H,21,23)/t16-/m0/s1. The Morgan fingerprint density at radius 3 is 2.33 bits per heavy atom. The van der Waals surface area contributed by atoms with E-state index in [0.29, 0.717) is 18.8 Å². The molecular formula is C20H26N2O3S2. The molecule has 0 heterocycles. The Kier molecular flexibility index (Phi) is 7.47. The van der Waals surface area contributed by atoms with Crippen LogP contribution in [-0.4, -0.2) is 37.0 Å². The summed E-state index contributed by atoms with van der Waals surface area (Å²) in [6.45, 7) is 8.26. The predicted molar refractivity (Wildman–Crippen MR) is 112 cm³/mol. The molecule has 0 radical (unpaired) electrons. The number of hydrogen-bond acceptors (Lipinski definition) is 4. The summed E-state index contributed by atoms with van der Waals surface area (Å²) in [5.74, 6) is -0.169. The number of amides is 1. The highest BCUT2D eigenvalue weighted by Gasteiger charge is 2.22. The normalized spacial score (nSPS) is 12.8. The number of nitrogens with one attached hydrogen (secondary N) is 1. The van der Waals surface area contributed by atoms with Crippen LogP contribution < -0.4 is 5.32 Å². The maximum Gasteiger partial charge on any atom is 0.243 e. The van der Waals surface area contributed by atoms with E-state index in [9.17, 15) is 13.2 Å². The zero-order valence-electron chi connectivity index (χ0n) is 16.1. The Morgan fingerprint density at radius 1 is 1.11 bits per heavy atom. The van der Waals surface area contributed by atoms with E-state index >= 15 is 0 Å². The zero-order chi connectivity index (χ0) is 20.0. The van der Waals surface area contributed by atoms with Gasteiger partial charge in [0.1, 0.15) is 0 Å². The van der Waals surface area contributed by atoms with Crippen LogP contribution in [0.25, 0.3) is 0 Å². The van der Waals surface area contributed by atoms with Gasteiger partial charge in [0.15, 0.2) is 0 Å². The highest BCUT2D eigenvalue weighted by atomic mass is 32.2. The second-order valence-corrected chi connectivity index (χ2v) is 9.53. The second kappa shape index (κ2) is 9.39. The minimum atomic E-state index is -3.56. The van der Waals surface area contributed by atoms with E-state index in [4.69, 9.17) is 0 Å². The van der Waals surface area contributed by atoms with E-state index in [2.05, 4.69) is 5.32 Å². The molecule has 0 bridgehead atoms. The van der Waals surface area contributed by atoms with Crippen molar-refractivity contribution in [3.8, 4) is 0 Å². The van der Waals surface area contributed by atoms with Crippen molar-refractivity contribution in [1.29, 1.82) is 0 Å². The molecule has 7 heteroatoms. The summed E-state index contributed by atoms with van der Waals surface area (Å²) in [7, 11) is -3.56. The van der Waals surface area contributed by atoms with Crippen LogP contribution in [0.3, 0.4) is 0 Å². The van der Waals surface area contributed by atoms with Crippen molar-refractivity contribution < 1.29 is 13.2 Å². The predicted octanol–water partition coefficient (Wildman–Crippen LogP) is 4.14. The number of nitrogens with zero attached hydrogens (tertiary/aromatic N) is 1. The Bertz CT molecular complexity index is 876. The molecule has 0 saturated heterocycles. The van der Waals surface area contributed by atoms with Gasteiger partial charge >= 0.3 is 0 Å². The zero-order valence-corrected chi connectivity index (χ0v) is 17.7. The lowest BCUT2D eigenvalue weighted by Crippen LogP contribution is -2.30. The average Bonchev–Trinajstić information content (AvgIpc) is 2.64. The minimum Gasteiger partial charge on any atom is -0.325 e. The fourth-order valence-electron chi connectivity index (χ4n) is 2.57. The van der Waals surface area contributed by atoms with Gasteiger partial charge in [0, 0.05) is 23.7 Å². The first-order valence-electron chi connectivity index (χ1n) is 8.92. The molecule has 2 aromatic carbocycles. The fraction of sp³-hybridized carbons (Fsp3) is 0.350. The summed E-state index contributed by atoms with van der Waals surface area (Å²) < 4.78 is 26.7. The van der Waals surface area contributed by atoms with Crippen LogP contribution in [0.4, 0.5) is 5.69 Å². The molecule has 0 aliphatic carbocycles. The molecular weight excluding hydrogens is 380 g/mol. The van der Waals surface area contributed by atoms with Crippen molar-refractivity contribution >= 4 is 33.4 Å². The van der Waals surface area contributed by atoms with Crippen molar-refractivity contribution in [3.05, 3.63) is 54.1 Å². The van der Waals surface area contributed by atoms with Crippen LogP contribution in [0.15, 0.2) is 58.3 Å². The summed E-state index contributed by atoms with van der Waals surface area (Å²) in [4.78, 5) is 13.7. The van der Waals surface area contributed by atoms with Crippen molar-refractivity contribution in [2.45, 2.75) is 42.7 Å². The molecule has 146 valence electrons. The van der Waals surface area contributed by atoms with E-state index in [1.807, 2.05) is 38.1 Å². The number of thioether (sulfide) groups is 1. The van der Waals surface area contributed by atoms with Crippen molar-refractivity contribution in [2.24, 2.45) is 0 Å². The van der Waals surface area contributed by atoms with Gasteiger partial charge in [-0.05, 0) is 44.2 Å². The van der Waals surface area contributed by atoms with E-state index in [1.54, 1.807) is 32.0 Å². The molecule has 0 aliphatic heterocycles. The van der Waals surface area contributed by atoms with Gasteiger partial charge in [0.2, 0.25) is 15.9 Å². The maximum absolute atomic E-state index is 12.6. The SMILES string of the molecule is CCN(CC)S(=O)(=O)c1cccc(NC(=O)[C@H](C)Sc2ccc(C)cc2)c1. The first-order chi connectivity index (χ1) is 12.8. The van der Waals surface area contributed by atoms with Crippen LogP contribution in [0.1, 0.15) is 26.3 Å². The van der Waals surface area contributed by atoms with E-state index < -0.39 is 10.0 Å². The first-order valence-corrected chi connectivity index (χ1v) is 11.2. The molecule has 0 spiro atoms. The average molecular weight is 407 g/mol. The number of carbonyl (C=O) groups is 1. The molecule has 0 aromatic heterocycles. The molecule has 0 fully saturated rings. The summed E-state index contributed by atoms with van der Waals surface area (Å²) in [6, 6.07) is 14.4. The van der Waals surface area contributed by atoms with Crippen LogP contribution in [0.5, 0.6) is 0 Å². The number of benzene rings is 2. The number of hydrogen-bond donors (Lipinski definition) is 1. The lowest BCUT2D eigenvalue weighted by Gasteiger charge is -2.19. The van der Waals surface area contributed by atoms with Gasteiger partial charge in [-0.25, -0.2) is 8.42 Å². The molecule has 5 nitrogen and oxygen atoms in total. The number of carbonyl (C=O) groups excluding carboxylic acids is 1. The largest absolute Gasteiger partial charge is 0.325 e. The topological polar surface area (TPSA) is 66.5 Å². The van der Waals surface area contributed by atoms with Crippen molar-refractivity contribution in [2.75, 3.05) is 18.4 Å². The highest BCUT2D eigenvalue weighted by Crippen LogP contribution is 2.25. The molecule has 27 heavy (non-hydrogen) atoms. The molecule has 2 rings (SSSR count). The Hall–Kier alpha value is -1.83. The summed E-state index contributed by atoms with van der Waals surface area (Å²) >= 11 is 1.46. The smallest absolute Gasteiger partial charge is 0.243 e. The molecule has 0 unspecified atom stereocenters. The van der Waals surface area contributed by atoms with E-state index in [-0.39, 0.29) is 16.1 Å². The Labute approximate surface area is 166 Å². The Balaban J connectivity index is 2.10. The second-order valence-electron chi connectivity index (χ2n) is 6.18. The van der Waals surface area contributed by atoms with E-state index in [1.165, 1.54) is 27.7 Å². The van der Waals surface area contributed by atoms with Crippen LogP contribution in [0.2, 0.25) is 0 Å². The third-order valence-corrected chi connectivity index (χ3v) is 7.31. The number of aryl methyl sites for hydroxylation is 1. The summed E-state index contributed by atoms with van der Waals surface area (Å²) in [5, 5.41) is 2.51. The summed E-state index contributed by atoms with van der Waals surface area (Å²) in [5.41, 5.74) is 1.65. The van der Waals surface area contributed by atoms with Gasteiger partial charge in [-0.2, -0.15) is 4.31 Å². The molecule has 2 aromatic rings. The van der Waals surface area contributed by atoms with Crippen LogP contribution in [-0.2, 0) is 14.8 Å². The van der Waals surface area contributed by atoms with Gasteiger partial charge in [-0.1, -0.05) is 37.6 Å². The fourth-order valence-corrected chi connectivity index (χ4v) is 4.94. The molecule has 0 saturated carbocycles. The third kappa shape index (κ3) is 5.57. The monoisotopic (exact) mass is 406 g/mol. The number of rotatable bonds is 8. The van der Waals surface area contributed by atoms with Crippen LogP contribution >= 0.6 is 11.8 Å². The highest BCUT2D eigenvalue weighted by molar-refractivity contribution is 8.00. The lowest BCUT2D eigenvalue weighted by atomic mass is 10.2. The molecule has 1 atom stereocenters. The maximum atomic E-state index is 12.6. The summed E-state index contributed by atoms with van der Waals surface area (Å²) in [6.07, 6.45) is 0. The van der Waals surface area contributed by atoms with Gasteiger partial charge in [-0.3, -0.25) is 4.79 Å². The number of sulfonamides is 1. The molecule has 0 aliphatic rings. The van der Waals surface area contributed by atoms with Gasteiger partial charge in [-0.15, -0.1) is 11.8 Å².